The summed E-state index contributed by atoms with van der Waals surface area (Å²) >= 11 is 1.17. The van der Waals surface area contributed by atoms with Crippen LogP contribution in [0.1, 0.15) is 25.1 Å². The lowest BCUT2D eigenvalue weighted by atomic mass is 9.95. The lowest BCUT2D eigenvalue weighted by Crippen LogP contribution is -2.43. The number of sulfonamides is 1. The molecule has 0 aliphatic carbocycles. The highest BCUT2D eigenvalue weighted by atomic mass is 32.2. The molecule has 0 amide bonds. The first kappa shape index (κ1) is 18.5. The van der Waals surface area contributed by atoms with Crippen LogP contribution in [0.25, 0.3) is 0 Å². The van der Waals surface area contributed by atoms with E-state index in [1.165, 1.54) is 11.3 Å². The van der Waals surface area contributed by atoms with Crippen LogP contribution >= 0.6 is 11.3 Å². The first-order chi connectivity index (χ1) is 11.9. The quantitative estimate of drug-likeness (QED) is 0.781. The summed E-state index contributed by atoms with van der Waals surface area (Å²) in [5.41, 5.74) is -1.01. The zero-order chi connectivity index (χ0) is 17.9. The molecule has 2 aromatic rings. The van der Waals surface area contributed by atoms with E-state index in [0.29, 0.717) is 19.4 Å². The Morgan fingerprint density at radius 2 is 2.24 bits per heavy atom. The number of nitrogens with zero attached hydrogens (tertiary/aromatic N) is 3. The van der Waals surface area contributed by atoms with Gasteiger partial charge in [0, 0.05) is 32.5 Å². The zero-order valence-corrected chi connectivity index (χ0v) is 15.9. The van der Waals surface area contributed by atoms with Crippen molar-refractivity contribution in [2.24, 2.45) is 7.05 Å². The lowest BCUT2D eigenvalue weighted by molar-refractivity contribution is 0.0304. The average Bonchev–Trinajstić information content (AvgIpc) is 3.20. The Balaban J connectivity index is 1.57. The molecule has 0 spiro atoms. The summed E-state index contributed by atoms with van der Waals surface area (Å²) in [4.78, 5) is 6.60. The van der Waals surface area contributed by atoms with Gasteiger partial charge in [0.05, 0.1) is 12.1 Å². The summed E-state index contributed by atoms with van der Waals surface area (Å²) in [5.74, 6) is 0.990. The maximum absolute atomic E-state index is 12.2. The Hall–Kier alpha value is -1.26. The summed E-state index contributed by atoms with van der Waals surface area (Å²) in [5, 5.41) is 12.6. The van der Waals surface area contributed by atoms with E-state index >= 15 is 0 Å². The maximum Gasteiger partial charge on any atom is 0.250 e. The molecule has 7 nitrogen and oxygen atoms in total. The largest absolute Gasteiger partial charge is 0.388 e. The minimum atomic E-state index is -3.54. The monoisotopic (exact) mass is 384 g/mol. The Morgan fingerprint density at radius 3 is 2.92 bits per heavy atom. The van der Waals surface area contributed by atoms with E-state index in [0.717, 1.165) is 25.3 Å². The van der Waals surface area contributed by atoms with Crippen molar-refractivity contribution < 1.29 is 13.5 Å². The van der Waals surface area contributed by atoms with Gasteiger partial charge in [0.1, 0.15) is 10.0 Å². The van der Waals surface area contributed by atoms with E-state index in [1.807, 2.05) is 17.8 Å². The van der Waals surface area contributed by atoms with E-state index < -0.39 is 15.6 Å². The van der Waals surface area contributed by atoms with Gasteiger partial charge >= 0.3 is 0 Å². The smallest absolute Gasteiger partial charge is 0.250 e. The topological polar surface area (TPSA) is 87.5 Å². The Kier molecular flexibility index (Phi) is 5.59. The number of aryl methyl sites for hydroxylation is 1. The predicted octanol–water partition coefficient (Wildman–Crippen LogP) is 1.18. The molecule has 1 aliphatic heterocycles. The molecule has 138 valence electrons. The maximum atomic E-state index is 12.2. The van der Waals surface area contributed by atoms with E-state index in [-0.39, 0.29) is 10.8 Å². The van der Waals surface area contributed by atoms with Gasteiger partial charge in [-0.05, 0) is 37.3 Å². The molecule has 3 rings (SSSR count). The minimum Gasteiger partial charge on any atom is -0.388 e. The van der Waals surface area contributed by atoms with Crippen LogP contribution in [0.5, 0.6) is 0 Å². The first-order valence-electron chi connectivity index (χ1n) is 8.32. The van der Waals surface area contributed by atoms with Crippen molar-refractivity contribution in [3.05, 3.63) is 35.7 Å². The molecule has 9 heteroatoms. The van der Waals surface area contributed by atoms with Gasteiger partial charge in [-0.3, -0.25) is 4.90 Å². The van der Waals surface area contributed by atoms with Crippen LogP contribution in [0, 0.1) is 0 Å². The highest BCUT2D eigenvalue weighted by Crippen LogP contribution is 2.24. The Bertz CT molecular complexity index is 788. The van der Waals surface area contributed by atoms with Gasteiger partial charge in [-0.1, -0.05) is 6.07 Å². The van der Waals surface area contributed by atoms with Gasteiger partial charge in [0.25, 0.3) is 0 Å². The van der Waals surface area contributed by atoms with Crippen LogP contribution in [0.15, 0.2) is 34.1 Å². The summed E-state index contributed by atoms with van der Waals surface area (Å²) < 4.78 is 29.3. The fourth-order valence-corrected chi connectivity index (χ4v) is 5.19. The normalized spacial score (nSPS) is 22.8. The van der Waals surface area contributed by atoms with Crippen LogP contribution in [-0.2, 0) is 23.6 Å². The summed E-state index contributed by atoms with van der Waals surface area (Å²) in [6, 6.07) is 3.27. The van der Waals surface area contributed by atoms with E-state index in [1.54, 1.807) is 23.7 Å². The second-order valence-electron chi connectivity index (χ2n) is 6.57. The van der Waals surface area contributed by atoms with Gasteiger partial charge < -0.3 is 9.67 Å². The van der Waals surface area contributed by atoms with Gasteiger partial charge in [0.2, 0.25) is 10.0 Å². The Morgan fingerprint density at radius 1 is 1.40 bits per heavy atom. The van der Waals surface area contributed by atoms with Crippen molar-refractivity contribution in [3.63, 3.8) is 0 Å². The number of rotatable bonds is 6. The third-order valence-corrected chi connectivity index (χ3v) is 7.45. The summed E-state index contributed by atoms with van der Waals surface area (Å²) in [7, 11) is -1.58. The molecular weight excluding hydrogens is 360 g/mol. The lowest BCUT2D eigenvalue weighted by Gasteiger charge is -2.27. The van der Waals surface area contributed by atoms with Gasteiger partial charge in [-0.15, -0.1) is 11.3 Å². The third-order valence-electron chi connectivity index (χ3n) is 4.65. The molecule has 2 aromatic heterocycles. The van der Waals surface area contributed by atoms with Crippen LogP contribution in [0.2, 0.25) is 0 Å². The summed E-state index contributed by atoms with van der Waals surface area (Å²) in [6.45, 7) is 2.36. The fraction of sp³-hybridized carbons (Fsp3) is 0.562. The number of hydrogen-bond donors (Lipinski definition) is 2. The zero-order valence-electron chi connectivity index (χ0n) is 14.3. The molecule has 0 aromatic carbocycles. The van der Waals surface area contributed by atoms with E-state index in [4.69, 9.17) is 0 Å². The molecule has 1 saturated heterocycles. The molecule has 1 fully saturated rings. The van der Waals surface area contributed by atoms with Crippen molar-refractivity contribution in [3.8, 4) is 0 Å². The molecule has 1 unspecified atom stereocenters. The molecule has 2 N–H and O–H groups in total. The van der Waals surface area contributed by atoms with E-state index in [2.05, 4.69) is 14.6 Å². The first-order valence-corrected chi connectivity index (χ1v) is 10.7. The van der Waals surface area contributed by atoms with Crippen LogP contribution in [0.4, 0.5) is 0 Å². The van der Waals surface area contributed by atoms with Gasteiger partial charge in [-0.2, -0.15) is 0 Å². The number of imidazole rings is 1. The average molecular weight is 385 g/mol. The molecule has 1 aliphatic rings. The van der Waals surface area contributed by atoms with Crippen LogP contribution in [0.3, 0.4) is 0 Å². The molecule has 0 saturated carbocycles. The highest BCUT2D eigenvalue weighted by molar-refractivity contribution is 7.91. The number of hydrogen-bond acceptors (Lipinski definition) is 6. The number of aromatic nitrogens is 2. The van der Waals surface area contributed by atoms with Crippen LogP contribution < -0.4 is 4.72 Å². The molecule has 1 atom stereocenters. The number of aliphatic hydroxyl groups is 1. The SMILES string of the molecule is Cn1ccnc1CN1CCCC(O)(CNS(=O)(=O)c2cccs2)CC1. The number of nitrogens with one attached hydrogen (secondary N) is 1. The minimum absolute atomic E-state index is 0.0451. The predicted molar refractivity (Wildman–Crippen MR) is 96.8 cm³/mol. The standard InChI is InChI=1S/C16H24N4O3S2/c1-19-10-7-17-14(19)12-20-8-3-5-16(21,6-9-20)13-18-25(22,23)15-4-2-11-24-15/h2,4,7,10-11,18,21H,3,5-6,8-9,12-13H2,1H3. The Labute approximate surface area is 152 Å². The highest BCUT2D eigenvalue weighted by Gasteiger charge is 2.32. The second kappa shape index (κ2) is 7.55. The van der Waals surface area contributed by atoms with Crippen molar-refractivity contribution in [1.29, 1.82) is 0 Å². The molecule has 3 heterocycles. The van der Waals surface area contributed by atoms with Crippen LogP contribution in [-0.4, -0.2) is 53.2 Å². The fourth-order valence-electron chi connectivity index (χ4n) is 3.04. The van der Waals surface area contributed by atoms with Crippen molar-refractivity contribution in [2.45, 2.75) is 35.6 Å². The number of likely N-dealkylation sites (tertiary alicyclic amines) is 1. The van der Waals surface area contributed by atoms with Crippen molar-refractivity contribution >= 4 is 21.4 Å². The van der Waals surface area contributed by atoms with Gasteiger partial charge in [0.15, 0.2) is 0 Å². The number of thiophene rings is 1. The second-order valence-corrected chi connectivity index (χ2v) is 9.51. The van der Waals surface area contributed by atoms with E-state index in [9.17, 15) is 13.5 Å². The van der Waals surface area contributed by atoms with Crippen molar-refractivity contribution in [2.75, 3.05) is 19.6 Å². The molecule has 0 bridgehead atoms. The van der Waals surface area contributed by atoms with Gasteiger partial charge in [-0.25, -0.2) is 18.1 Å². The molecular formula is C16H24N4O3S2. The molecule has 0 radical (unpaired) electrons. The van der Waals surface area contributed by atoms with Crippen molar-refractivity contribution in [1.82, 2.24) is 19.2 Å². The third kappa shape index (κ3) is 4.68. The summed E-state index contributed by atoms with van der Waals surface area (Å²) in [6.07, 6.45) is 5.63. The molecule has 25 heavy (non-hydrogen) atoms.